The largest absolute Gasteiger partial charge is 0.338 e. The molecule has 4 nitrogen and oxygen atoms in total. The molecule has 96 valence electrons. The number of imidazole rings is 1. The van der Waals surface area contributed by atoms with E-state index in [4.69, 9.17) is 0 Å². The molecule has 4 heteroatoms. The number of aryl methyl sites for hydroxylation is 2. The van der Waals surface area contributed by atoms with E-state index >= 15 is 0 Å². The van der Waals surface area contributed by atoms with Gasteiger partial charge in [-0.25, -0.2) is 4.98 Å². The fourth-order valence-corrected chi connectivity index (χ4v) is 1.84. The van der Waals surface area contributed by atoms with Gasteiger partial charge in [0.15, 0.2) is 0 Å². The highest BCUT2D eigenvalue weighted by atomic mass is 16.1. The zero-order chi connectivity index (χ0) is 12.7. The lowest BCUT2D eigenvalue weighted by molar-refractivity contribution is -0.119. The average Bonchev–Trinajstić information content (AvgIpc) is 2.73. The van der Waals surface area contributed by atoms with Crippen molar-refractivity contribution in [1.82, 2.24) is 14.5 Å². The molecule has 0 spiro atoms. The molecule has 1 rings (SSSR count). The van der Waals surface area contributed by atoms with Crippen molar-refractivity contribution >= 4 is 5.78 Å². The van der Waals surface area contributed by atoms with Crippen LogP contribution in [0.5, 0.6) is 0 Å². The minimum atomic E-state index is 0.333. The molecule has 0 bridgehead atoms. The number of hydrogen-bond donors (Lipinski definition) is 0. The summed E-state index contributed by atoms with van der Waals surface area (Å²) in [5.41, 5.74) is 0. The monoisotopic (exact) mass is 237 g/mol. The van der Waals surface area contributed by atoms with Crippen LogP contribution in [0.3, 0.4) is 0 Å². The van der Waals surface area contributed by atoms with Gasteiger partial charge in [0.1, 0.15) is 11.6 Å². The number of carbonyl (C=O) groups is 1. The Morgan fingerprint density at radius 2 is 2.06 bits per heavy atom. The van der Waals surface area contributed by atoms with E-state index in [1.54, 1.807) is 6.20 Å². The van der Waals surface area contributed by atoms with Crippen molar-refractivity contribution in [2.75, 3.05) is 19.6 Å². The average molecular weight is 237 g/mol. The number of nitrogens with zero attached hydrogens (tertiary/aromatic N) is 3. The van der Waals surface area contributed by atoms with Crippen molar-refractivity contribution < 1.29 is 4.79 Å². The number of ketones is 1. The Balaban J connectivity index is 2.24. The molecular weight excluding hydrogens is 214 g/mol. The molecule has 0 fully saturated rings. The van der Waals surface area contributed by atoms with Crippen molar-refractivity contribution in [1.29, 1.82) is 0 Å². The number of rotatable bonds is 8. The molecule has 0 atom stereocenters. The van der Waals surface area contributed by atoms with Gasteiger partial charge in [-0.3, -0.25) is 4.79 Å². The van der Waals surface area contributed by atoms with Gasteiger partial charge in [-0.1, -0.05) is 13.8 Å². The lowest BCUT2D eigenvalue weighted by atomic mass is 10.1. The number of hydrogen-bond acceptors (Lipinski definition) is 3. The molecule has 0 N–H and O–H groups in total. The van der Waals surface area contributed by atoms with E-state index in [0.717, 1.165) is 31.9 Å². The van der Waals surface area contributed by atoms with Crippen LogP contribution in [0.1, 0.15) is 32.5 Å². The Bertz CT molecular complexity index is 342. The predicted molar refractivity (Wildman–Crippen MR) is 68.9 cm³/mol. The first kappa shape index (κ1) is 13.9. The van der Waals surface area contributed by atoms with E-state index in [9.17, 15) is 4.79 Å². The van der Waals surface area contributed by atoms with Crippen molar-refractivity contribution in [2.24, 2.45) is 7.05 Å². The summed E-state index contributed by atoms with van der Waals surface area (Å²) in [6, 6.07) is 0. The molecule has 0 aromatic carbocycles. The van der Waals surface area contributed by atoms with E-state index in [-0.39, 0.29) is 0 Å². The number of Topliss-reactive ketones (excluding diaryl/α,β-unsaturated/α-hetero) is 1. The normalized spacial score (nSPS) is 11.1. The minimum Gasteiger partial charge on any atom is -0.338 e. The van der Waals surface area contributed by atoms with Gasteiger partial charge < -0.3 is 9.47 Å². The van der Waals surface area contributed by atoms with E-state index in [1.165, 1.54) is 0 Å². The van der Waals surface area contributed by atoms with Crippen LogP contribution in [0.4, 0.5) is 0 Å². The Kier molecular flexibility index (Phi) is 5.91. The molecule has 0 aliphatic carbocycles. The van der Waals surface area contributed by atoms with Crippen LogP contribution in [0, 0.1) is 0 Å². The molecule has 0 aliphatic heterocycles. The van der Waals surface area contributed by atoms with Crippen LogP contribution in [0.2, 0.25) is 0 Å². The van der Waals surface area contributed by atoms with Gasteiger partial charge in [0, 0.05) is 45.2 Å². The maximum absolute atomic E-state index is 11.7. The Morgan fingerprint density at radius 1 is 1.35 bits per heavy atom. The highest BCUT2D eigenvalue weighted by molar-refractivity contribution is 5.78. The molecule has 0 unspecified atom stereocenters. The van der Waals surface area contributed by atoms with E-state index in [0.29, 0.717) is 18.6 Å². The van der Waals surface area contributed by atoms with Gasteiger partial charge in [0.2, 0.25) is 0 Å². The van der Waals surface area contributed by atoms with Crippen molar-refractivity contribution in [3.8, 4) is 0 Å². The summed E-state index contributed by atoms with van der Waals surface area (Å²) in [7, 11) is 1.96. The lowest BCUT2D eigenvalue weighted by Gasteiger charge is -2.16. The van der Waals surface area contributed by atoms with E-state index in [1.807, 2.05) is 17.8 Å². The summed E-state index contributed by atoms with van der Waals surface area (Å²) in [5.74, 6) is 1.32. The summed E-state index contributed by atoms with van der Waals surface area (Å²) >= 11 is 0. The molecule has 1 aromatic rings. The SMILES string of the molecule is CCN(CC)CCC(=O)CCc1nccn1C. The van der Waals surface area contributed by atoms with Crippen LogP contribution in [0.25, 0.3) is 0 Å². The van der Waals surface area contributed by atoms with Crippen LogP contribution in [-0.4, -0.2) is 39.9 Å². The van der Waals surface area contributed by atoms with Gasteiger partial charge in [-0.15, -0.1) is 0 Å². The highest BCUT2D eigenvalue weighted by Gasteiger charge is 2.07. The summed E-state index contributed by atoms with van der Waals surface area (Å²) in [6.07, 6.45) is 5.70. The maximum Gasteiger partial charge on any atom is 0.134 e. The fourth-order valence-electron chi connectivity index (χ4n) is 1.84. The third kappa shape index (κ3) is 4.69. The quantitative estimate of drug-likeness (QED) is 0.690. The van der Waals surface area contributed by atoms with Gasteiger partial charge in [0.25, 0.3) is 0 Å². The first-order chi connectivity index (χ1) is 8.17. The third-order valence-corrected chi connectivity index (χ3v) is 3.15. The predicted octanol–water partition coefficient (Wildman–Crippen LogP) is 1.65. The molecule has 0 saturated heterocycles. The Morgan fingerprint density at radius 3 is 2.59 bits per heavy atom. The van der Waals surface area contributed by atoms with Crippen LogP contribution in [-0.2, 0) is 18.3 Å². The molecule has 0 amide bonds. The third-order valence-electron chi connectivity index (χ3n) is 3.15. The van der Waals surface area contributed by atoms with Gasteiger partial charge in [0.05, 0.1) is 0 Å². The maximum atomic E-state index is 11.7. The van der Waals surface area contributed by atoms with Gasteiger partial charge in [-0.05, 0) is 13.1 Å². The molecule has 1 aromatic heterocycles. The fraction of sp³-hybridized carbons (Fsp3) is 0.692. The molecule has 0 saturated carbocycles. The standard InChI is InChI=1S/C13H23N3O/c1-4-16(5-2)10-8-12(17)6-7-13-14-9-11-15(13)3/h9,11H,4-8,10H2,1-3H3. The second-order valence-electron chi connectivity index (χ2n) is 4.27. The summed E-state index contributed by atoms with van der Waals surface area (Å²) in [4.78, 5) is 18.2. The summed E-state index contributed by atoms with van der Waals surface area (Å²) < 4.78 is 1.97. The molecule has 0 radical (unpaired) electrons. The summed E-state index contributed by atoms with van der Waals surface area (Å²) in [6.45, 7) is 7.17. The molecule has 17 heavy (non-hydrogen) atoms. The zero-order valence-electron chi connectivity index (χ0n) is 11.1. The molecule has 1 heterocycles. The first-order valence-corrected chi connectivity index (χ1v) is 6.37. The van der Waals surface area contributed by atoms with Crippen molar-refractivity contribution in [3.05, 3.63) is 18.2 Å². The van der Waals surface area contributed by atoms with Gasteiger partial charge in [-0.2, -0.15) is 0 Å². The zero-order valence-corrected chi connectivity index (χ0v) is 11.1. The molecular formula is C13H23N3O. The van der Waals surface area contributed by atoms with Crippen LogP contribution >= 0.6 is 0 Å². The van der Waals surface area contributed by atoms with Gasteiger partial charge >= 0.3 is 0 Å². The molecule has 0 aliphatic rings. The van der Waals surface area contributed by atoms with Crippen molar-refractivity contribution in [3.63, 3.8) is 0 Å². The smallest absolute Gasteiger partial charge is 0.134 e. The van der Waals surface area contributed by atoms with E-state index in [2.05, 4.69) is 23.7 Å². The Hall–Kier alpha value is -1.16. The van der Waals surface area contributed by atoms with Crippen LogP contribution < -0.4 is 0 Å². The lowest BCUT2D eigenvalue weighted by Crippen LogP contribution is -2.25. The second-order valence-corrected chi connectivity index (χ2v) is 4.27. The first-order valence-electron chi connectivity index (χ1n) is 6.37. The topological polar surface area (TPSA) is 38.1 Å². The minimum absolute atomic E-state index is 0.333. The van der Waals surface area contributed by atoms with E-state index < -0.39 is 0 Å². The highest BCUT2D eigenvalue weighted by Crippen LogP contribution is 2.02. The number of aromatic nitrogens is 2. The Labute approximate surface area is 104 Å². The second kappa shape index (κ2) is 7.22. The number of carbonyl (C=O) groups excluding carboxylic acids is 1. The summed E-state index contributed by atoms with van der Waals surface area (Å²) in [5, 5.41) is 0. The van der Waals surface area contributed by atoms with Crippen molar-refractivity contribution in [2.45, 2.75) is 33.1 Å². The van der Waals surface area contributed by atoms with Crippen LogP contribution in [0.15, 0.2) is 12.4 Å².